The number of benzene rings is 2. The van der Waals surface area contributed by atoms with Crippen LogP contribution in [0.4, 0.5) is 5.69 Å². The molecule has 148 valence electrons. The highest BCUT2D eigenvalue weighted by Gasteiger charge is 2.05. The van der Waals surface area contributed by atoms with Crippen LogP contribution in [0.1, 0.15) is 43.4 Å². The number of carbonyl (C=O) groups is 1. The van der Waals surface area contributed by atoms with Crippen LogP contribution in [0.15, 0.2) is 56.0 Å². The average Bonchev–Trinajstić information content (AvgIpc) is 2.64. The zero-order chi connectivity index (χ0) is 20.7. The lowest BCUT2D eigenvalue weighted by Gasteiger charge is -2.09. The van der Waals surface area contributed by atoms with Crippen molar-refractivity contribution in [3.8, 4) is 0 Å². The maximum Gasteiger partial charge on any atom is 0.259 e. The van der Waals surface area contributed by atoms with Crippen molar-refractivity contribution in [3.63, 3.8) is 0 Å². The van der Waals surface area contributed by atoms with E-state index >= 15 is 0 Å². The fourth-order valence-electron chi connectivity index (χ4n) is 2.45. The SMILES string of the molecule is CC(C=NNC(=O)CNc1cc(Br)c(C)c(Br)c1)=Cc1ccc(C(C)C)cc1. The Morgan fingerprint density at radius 1 is 1.14 bits per heavy atom. The summed E-state index contributed by atoms with van der Waals surface area (Å²) in [7, 11) is 0. The van der Waals surface area contributed by atoms with Crippen molar-refractivity contribution in [2.45, 2.75) is 33.6 Å². The number of hydrogen-bond donors (Lipinski definition) is 2. The van der Waals surface area contributed by atoms with Gasteiger partial charge in [-0.2, -0.15) is 5.10 Å². The predicted octanol–water partition coefficient (Wildman–Crippen LogP) is 6.26. The molecule has 0 aliphatic heterocycles. The molecule has 2 N–H and O–H groups in total. The largest absolute Gasteiger partial charge is 0.376 e. The molecule has 2 rings (SSSR count). The third-order valence-electron chi connectivity index (χ3n) is 4.19. The third-order valence-corrected chi connectivity index (χ3v) is 5.84. The summed E-state index contributed by atoms with van der Waals surface area (Å²) in [6.45, 7) is 8.45. The molecule has 0 heterocycles. The number of allylic oxidation sites excluding steroid dienone is 1. The minimum absolute atomic E-state index is 0.138. The second-order valence-corrected chi connectivity index (χ2v) is 8.63. The van der Waals surface area contributed by atoms with E-state index in [4.69, 9.17) is 0 Å². The topological polar surface area (TPSA) is 53.5 Å². The summed E-state index contributed by atoms with van der Waals surface area (Å²) >= 11 is 7.00. The maximum absolute atomic E-state index is 12.0. The lowest BCUT2D eigenvalue weighted by atomic mass is 10.0. The first-order valence-electron chi connectivity index (χ1n) is 9.06. The van der Waals surface area contributed by atoms with Gasteiger partial charge in [0.25, 0.3) is 5.91 Å². The Morgan fingerprint density at radius 2 is 1.75 bits per heavy atom. The Labute approximate surface area is 183 Å². The zero-order valence-electron chi connectivity index (χ0n) is 16.5. The third kappa shape index (κ3) is 6.91. The molecule has 0 radical (unpaired) electrons. The van der Waals surface area contributed by atoms with Gasteiger partial charge in [0.05, 0.1) is 12.8 Å². The molecule has 28 heavy (non-hydrogen) atoms. The summed E-state index contributed by atoms with van der Waals surface area (Å²) in [5, 5.41) is 7.11. The molecule has 0 atom stereocenters. The normalized spacial score (nSPS) is 11.9. The van der Waals surface area contributed by atoms with Crippen molar-refractivity contribution in [1.29, 1.82) is 0 Å². The summed E-state index contributed by atoms with van der Waals surface area (Å²) < 4.78 is 1.95. The molecule has 1 amide bonds. The van der Waals surface area contributed by atoms with E-state index in [9.17, 15) is 4.79 Å². The Kier molecular flexibility index (Phi) is 8.45. The van der Waals surface area contributed by atoms with Gasteiger partial charge in [0, 0.05) is 14.6 Å². The van der Waals surface area contributed by atoms with Crippen molar-refractivity contribution in [1.82, 2.24) is 5.43 Å². The molecular weight excluding hydrogens is 482 g/mol. The van der Waals surface area contributed by atoms with Gasteiger partial charge < -0.3 is 5.32 Å². The number of anilines is 1. The highest BCUT2D eigenvalue weighted by molar-refractivity contribution is 9.11. The monoisotopic (exact) mass is 505 g/mol. The predicted molar refractivity (Wildman–Crippen MR) is 126 cm³/mol. The fraction of sp³-hybridized carbons (Fsp3) is 0.273. The van der Waals surface area contributed by atoms with E-state index in [1.165, 1.54) is 5.56 Å². The average molecular weight is 507 g/mol. The highest BCUT2D eigenvalue weighted by Crippen LogP contribution is 2.28. The lowest BCUT2D eigenvalue weighted by Crippen LogP contribution is -2.25. The van der Waals surface area contributed by atoms with Gasteiger partial charge in [-0.25, -0.2) is 5.43 Å². The van der Waals surface area contributed by atoms with Crippen molar-refractivity contribution < 1.29 is 4.79 Å². The van der Waals surface area contributed by atoms with Gasteiger partial charge in [0.2, 0.25) is 0 Å². The molecule has 2 aromatic rings. The van der Waals surface area contributed by atoms with Crippen molar-refractivity contribution in [2.24, 2.45) is 5.10 Å². The van der Waals surface area contributed by atoms with E-state index in [1.807, 2.05) is 32.1 Å². The van der Waals surface area contributed by atoms with E-state index in [-0.39, 0.29) is 12.5 Å². The Bertz CT molecular complexity index is 864. The summed E-state index contributed by atoms with van der Waals surface area (Å²) in [4.78, 5) is 12.0. The highest BCUT2D eigenvalue weighted by atomic mass is 79.9. The van der Waals surface area contributed by atoms with Crippen molar-refractivity contribution >= 4 is 55.7 Å². The second-order valence-electron chi connectivity index (χ2n) is 6.92. The van der Waals surface area contributed by atoms with Crippen molar-refractivity contribution in [3.05, 3.63) is 67.6 Å². The van der Waals surface area contributed by atoms with Crippen LogP contribution in [0, 0.1) is 6.92 Å². The molecule has 2 aromatic carbocycles. The Morgan fingerprint density at radius 3 is 2.32 bits per heavy atom. The summed E-state index contributed by atoms with van der Waals surface area (Å²) in [6, 6.07) is 12.3. The molecule has 0 fully saturated rings. The van der Waals surface area contributed by atoms with Crippen LogP contribution in [-0.2, 0) is 4.79 Å². The number of nitrogens with zero attached hydrogens (tertiary/aromatic N) is 1. The number of nitrogens with one attached hydrogen (secondary N) is 2. The maximum atomic E-state index is 12.0. The van der Waals surface area contributed by atoms with E-state index in [0.717, 1.165) is 31.3 Å². The minimum atomic E-state index is -0.210. The molecule has 0 aliphatic carbocycles. The van der Waals surface area contributed by atoms with Gasteiger partial charge in [-0.15, -0.1) is 0 Å². The van der Waals surface area contributed by atoms with E-state index < -0.39 is 0 Å². The molecule has 0 aliphatic rings. The number of rotatable bonds is 7. The molecule has 0 unspecified atom stereocenters. The number of carbonyl (C=O) groups excluding carboxylic acids is 1. The Balaban J connectivity index is 1.85. The van der Waals surface area contributed by atoms with Crippen LogP contribution in [0.3, 0.4) is 0 Å². The molecule has 0 spiro atoms. The van der Waals surface area contributed by atoms with Crippen LogP contribution >= 0.6 is 31.9 Å². The van der Waals surface area contributed by atoms with Crippen LogP contribution < -0.4 is 10.7 Å². The molecular formula is C22H25Br2N3O. The number of halogens is 2. The van der Waals surface area contributed by atoms with Gasteiger partial charge in [-0.3, -0.25) is 4.79 Å². The molecule has 6 heteroatoms. The number of amides is 1. The van der Waals surface area contributed by atoms with E-state index in [0.29, 0.717) is 5.92 Å². The molecule has 0 saturated heterocycles. The van der Waals surface area contributed by atoms with Gasteiger partial charge in [-0.05, 0) is 54.2 Å². The second kappa shape index (κ2) is 10.6. The number of hydrogen-bond acceptors (Lipinski definition) is 3. The van der Waals surface area contributed by atoms with Crippen LogP contribution in [0.25, 0.3) is 6.08 Å². The summed E-state index contributed by atoms with van der Waals surface area (Å²) in [5.41, 5.74) is 7.88. The standard InChI is InChI=1S/C22H25Br2N3O/c1-14(2)18-7-5-17(6-8-18)9-15(3)12-26-27-22(28)13-25-19-10-20(23)16(4)21(24)11-19/h5-12,14,25H,13H2,1-4H3,(H,27,28). The smallest absolute Gasteiger partial charge is 0.259 e. The molecule has 0 aromatic heterocycles. The first-order valence-corrected chi connectivity index (χ1v) is 10.6. The summed E-state index contributed by atoms with van der Waals surface area (Å²) in [5.74, 6) is 0.310. The minimum Gasteiger partial charge on any atom is -0.376 e. The van der Waals surface area contributed by atoms with Gasteiger partial charge in [0.1, 0.15) is 0 Å². The van der Waals surface area contributed by atoms with Gasteiger partial charge in [-0.1, -0.05) is 76.0 Å². The first kappa shape index (κ1) is 22.4. The van der Waals surface area contributed by atoms with E-state index in [2.05, 4.69) is 85.8 Å². The molecule has 0 bridgehead atoms. The first-order chi connectivity index (χ1) is 13.3. The Hall–Kier alpha value is -1.92. The van der Waals surface area contributed by atoms with Gasteiger partial charge >= 0.3 is 0 Å². The van der Waals surface area contributed by atoms with Crippen molar-refractivity contribution in [2.75, 3.05) is 11.9 Å². The summed E-state index contributed by atoms with van der Waals surface area (Å²) in [6.07, 6.45) is 3.67. The van der Waals surface area contributed by atoms with Gasteiger partial charge in [0.15, 0.2) is 0 Å². The molecule has 0 saturated carbocycles. The quantitative estimate of drug-likeness (QED) is 0.344. The van der Waals surface area contributed by atoms with Crippen LogP contribution in [0.5, 0.6) is 0 Å². The lowest BCUT2D eigenvalue weighted by molar-refractivity contribution is -0.119. The van der Waals surface area contributed by atoms with E-state index in [1.54, 1.807) is 6.21 Å². The van der Waals surface area contributed by atoms with Crippen LogP contribution in [0.2, 0.25) is 0 Å². The molecule has 4 nitrogen and oxygen atoms in total. The van der Waals surface area contributed by atoms with Crippen LogP contribution in [-0.4, -0.2) is 18.7 Å². The fourth-order valence-corrected chi connectivity index (χ4v) is 3.64. The zero-order valence-corrected chi connectivity index (χ0v) is 19.7. The number of hydrazone groups is 1.